The molecule has 0 aliphatic carbocycles. The minimum absolute atomic E-state index is 0.0468. The van der Waals surface area contributed by atoms with Gasteiger partial charge in [-0.3, -0.25) is 4.79 Å². The monoisotopic (exact) mass is 262 g/mol. The summed E-state index contributed by atoms with van der Waals surface area (Å²) in [5.74, 6) is 0.734. The molecule has 0 aromatic heterocycles. The fourth-order valence-electron chi connectivity index (χ4n) is 2.04. The fourth-order valence-corrected chi connectivity index (χ4v) is 2.04. The van der Waals surface area contributed by atoms with Gasteiger partial charge in [0.2, 0.25) is 0 Å². The molecule has 0 radical (unpaired) electrons. The highest BCUT2D eigenvalue weighted by Gasteiger charge is 2.10. The van der Waals surface area contributed by atoms with Crippen LogP contribution in [-0.4, -0.2) is 31.4 Å². The van der Waals surface area contributed by atoms with Crippen LogP contribution in [0.1, 0.15) is 42.6 Å². The van der Waals surface area contributed by atoms with Gasteiger partial charge in [-0.05, 0) is 30.5 Å². The number of hydrogen-bond donors (Lipinski definition) is 1. The fraction of sp³-hybridized carbons (Fsp3) is 0.562. The molecule has 3 heteroatoms. The van der Waals surface area contributed by atoms with E-state index >= 15 is 0 Å². The molecule has 19 heavy (non-hydrogen) atoms. The van der Waals surface area contributed by atoms with Crippen LogP contribution in [0.4, 0.5) is 5.69 Å². The van der Waals surface area contributed by atoms with Crippen molar-refractivity contribution in [2.24, 2.45) is 5.92 Å². The van der Waals surface area contributed by atoms with E-state index in [-0.39, 0.29) is 5.91 Å². The Bertz CT molecular complexity index is 423. The van der Waals surface area contributed by atoms with Gasteiger partial charge in [0.25, 0.3) is 5.91 Å². The van der Waals surface area contributed by atoms with Gasteiger partial charge in [-0.25, -0.2) is 0 Å². The first kappa shape index (κ1) is 15.5. The van der Waals surface area contributed by atoms with E-state index in [1.165, 1.54) is 18.4 Å². The Morgan fingerprint density at radius 1 is 1.26 bits per heavy atom. The lowest BCUT2D eigenvalue weighted by molar-refractivity contribution is 0.0827. The maximum absolute atomic E-state index is 12.0. The summed E-state index contributed by atoms with van der Waals surface area (Å²) in [7, 11) is 3.55. The Morgan fingerprint density at radius 3 is 2.42 bits per heavy atom. The number of aryl methyl sites for hydroxylation is 1. The third kappa shape index (κ3) is 4.27. The van der Waals surface area contributed by atoms with E-state index in [1.54, 1.807) is 19.0 Å². The number of carbonyl (C=O) groups is 1. The van der Waals surface area contributed by atoms with Gasteiger partial charge in [0, 0.05) is 31.9 Å². The number of benzene rings is 1. The Labute approximate surface area is 117 Å². The number of amides is 1. The molecular weight excluding hydrogens is 236 g/mol. The minimum atomic E-state index is 0.0468. The summed E-state index contributed by atoms with van der Waals surface area (Å²) in [6, 6.07) is 5.85. The molecule has 1 N–H and O–H groups in total. The minimum Gasteiger partial charge on any atom is -0.385 e. The third-order valence-corrected chi connectivity index (χ3v) is 3.63. The molecule has 106 valence electrons. The van der Waals surface area contributed by atoms with Crippen molar-refractivity contribution in [2.75, 3.05) is 26.0 Å². The number of nitrogens with zero attached hydrogens (tertiary/aromatic N) is 1. The number of hydrogen-bond acceptors (Lipinski definition) is 2. The first-order valence-corrected chi connectivity index (χ1v) is 7.05. The molecule has 0 unspecified atom stereocenters. The van der Waals surface area contributed by atoms with Crippen LogP contribution >= 0.6 is 0 Å². The summed E-state index contributed by atoms with van der Waals surface area (Å²) in [5, 5.41) is 3.48. The first-order chi connectivity index (χ1) is 8.99. The average molecular weight is 262 g/mol. The van der Waals surface area contributed by atoms with Crippen molar-refractivity contribution < 1.29 is 4.79 Å². The van der Waals surface area contributed by atoms with Gasteiger partial charge in [0.1, 0.15) is 0 Å². The predicted molar refractivity (Wildman–Crippen MR) is 81.8 cm³/mol. The summed E-state index contributed by atoms with van der Waals surface area (Å²) in [6.45, 7) is 7.47. The van der Waals surface area contributed by atoms with E-state index in [9.17, 15) is 4.79 Å². The van der Waals surface area contributed by atoms with Crippen molar-refractivity contribution in [1.29, 1.82) is 0 Å². The highest BCUT2D eigenvalue weighted by atomic mass is 16.2. The quantitative estimate of drug-likeness (QED) is 0.850. The second kappa shape index (κ2) is 7.17. The van der Waals surface area contributed by atoms with Gasteiger partial charge in [-0.2, -0.15) is 0 Å². The van der Waals surface area contributed by atoms with Crippen molar-refractivity contribution in [3.63, 3.8) is 0 Å². The zero-order valence-corrected chi connectivity index (χ0v) is 12.8. The Balaban J connectivity index is 2.83. The van der Waals surface area contributed by atoms with Gasteiger partial charge in [0.05, 0.1) is 0 Å². The lowest BCUT2D eigenvalue weighted by Gasteiger charge is -2.17. The van der Waals surface area contributed by atoms with E-state index in [0.29, 0.717) is 5.92 Å². The van der Waals surface area contributed by atoms with Crippen molar-refractivity contribution in [3.8, 4) is 0 Å². The molecule has 0 fully saturated rings. The van der Waals surface area contributed by atoms with Crippen molar-refractivity contribution >= 4 is 11.6 Å². The lowest BCUT2D eigenvalue weighted by Crippen LogP contribution is -2.22. The summed E-state index contributed by atoms with van der Waals surface area (Å²) in [5.41, 5.74) is 2.99. The maximum atomic E-state index is 12.0. The number of nitrogens with one attached hydrogen (secondary N) is 1. The first-order valence-electron chi connectivity index (χ1n) is 7.05. The van der Waals surface area contributed by atoms with Crippen LogP contribution in [0, 0.1) is 12.8 Å². The molecule has 0 saturated carbocycles. The van der Waals surface area contributed by atoms with E-state index < -0.39 is 0 Å². The summed E-state index contributed by atoms with van der Waals surface area (Å²) in [4.78, 5) is 13.6. The SMILES string of the molecule is CCC(CC)CNc1cc(C(=O)N(C)C)ccc1C. The topological polar surface area (TPSA) is 32.3 Å². The number of anilines is 1. The van der Waals surface area contributed by atoms with Gasteiger partial charge in [0.15, 0.2) is 0 Å². The van der Waals surface area contributed by atoms with E-state index in [2.05, 4.69) is 26.1 Å². The maximum Gasteiger partial charge on any atom is 0.253 e. The van der Waals surface area contributed by atoms with Crippen molar-refractivity contribution in [1.82, 2.24) is 4.90 Å². The Morgan fingerprint density at radius 2 is 1.89 bits per heavy atom. The summed E-state index contributed by atoms with van der Waals surface area (Å²) >= 11 is 0. The third-order valence-electron chi connectivity index (χ3n) is 3.63. The summed E-state index contributed by atoms with van der Waals surface area (Å²) in [6.07, 6.45) is 2.36. The zero-order valence-electron chi connectivity index (χ0n) is 12.8. The molecule has 1 amide bonds. The predicted octanol–water partition coefficient (Wildman–Crippen LogP) is 3.54. The molecule has 0 aliphatic heterocycles. The highest BCUT2D eigenvalue weighted by Crippen LogP contribution is 2.19. The van der Waals surface area contributed by atoms with Crippen molar-refractivity contribution in [2.45, 2.75) is 33.6 Å². The number of carbonyl (C=O) groups excluding carboxylic acids is 1. The standard InChI is InChI=1S/C16H26N2O/c1-6-13(7-2)11-17-15-10-14(9-8-12(15)3)16(19)18(4)5/h8-10,13,17H,6-7,11H2,1-5H3. The lowest BCUT2D eigenvalue weighted by atomic mass is 10.0. The van der Waals surface area contributed by atoms with E-state index in [0.717, 1.165) is 17.8 Å². The van der Waals surface area contributed by atoms with Crippen LogP contribution in [0.25, 0.3) is 0 Å². The molecular formula is C16H26N2O. The molecule has 1 aromatic rings. The van der Waals surface area contributed by atoms with Gasteiger partial charge < -0.3 is 10.2 Å². The van der Waals surface area contributed by atoms with E-state index in [1.807, 2.05) is 18.2 Å². The van der Waals surface area contributed by atoms with Crippen LogP contribution in [0.3, 0.4) is 0 Å². The molecule has 0 aliphatic rings. The molecule has 3 nitrogen and oxygen atoms in total. The smallest absolute Gasteiger partial charge is 0.253 e. The van der Waals surface area contributed by atoms with Crippen LogP contribution in [-0.2, 0) is 0 Å². The Kier molecular flexibility index (Phi) is 5.87. The van der Waals surface area contributed by atoms with Gasteiger partial charge in [-0.1, -0.05) is 32.8 Å². The van der Waals surface area contributed by atoms with Gasteiger partial charge >= 0.3 is 0 Å². The normalized spacial score (nSPS) is 10.6. The van der Waals surface area contributed by atoms with Crippen LogP contribution in [0.5, 0.6) is 0 Å². The highest BCUT2D eigenvalue weighted by molar-refractivity contribution is 5.95. The molecule has 0 bridgehead atoms. The van der Waals surface area contributed by atoms with E-state index in [4.69, 9.17) is 0 Å². The second-order valence-corrected chi connectivity index (χ2v) is 5.29. The Hall–Kier alpha value is -1.51. The average Bonchev–Trinajstić information content (AvgIpc) is 2.40. The molecule has 1 rings (SSSR count). The zero-order chi connectivity index (χ0) is 14.4. The van der Waals surface area contributed by atoms with Crippen LogP contribution in [0.15, 0.2) is 18.2 Å². The van der Waals surface area contributed by atoms with Crippen LogP contribution < -0.4 is 5.32 Å². The molecule has 1 aromatic carbocycles. The summed E-state index contributed by atoms with van der Waals surface area (Å²) < 4.78 is 0. The molecule has 0 saturated heterocycles. The molecule has 0 atom stereocenters. The molecule has 0 spiro atoms. The van der Waals surface area contributed by atoms with Gasteiger partial charge in [-0.15, -0.1) is 0 Å². The van der Waals surface area contributed by atoms with Crippen LogP contribution in [0.2, 0.25) is 0 Å². The number of rotatable bonds is 6. The molecule has 0 heterocycles. The largest absolute Gasteiger partial charge is 0.385 e. The second-order valence-electron chi connectivity index (χ2n) is 5.29. The van der Waals surface area contributed by atoms with Crippen molar-refractivity contribution in [3.05, 3.63) is 29.3 Å².